The average molecular weight is 249 g/mol. The molecule has 0 unspecified atom stereocenters. The molecule has 1 aromatic carbocycles. The van der Waals surface area contributed by atoms with Gasteiger partial charge in [-0.2, -0.15) is 0 Å². The first-order valence-corrected chi connectivity index (χ1v) is 5.06. The van der Waals surface area contributed by atoms with Gasteiger partial charge in [-0.1, -0.05) is 0 Å². The van der Waals surface area contributed by atoms with E-state index in [0.717, 1.165) is 0 Å². The molecule has 0 aliphatic carbocycles. The maximum atomic E-state index is 11.4. The van der Waals surface area contributed by atoms with Gasteiger partial charge in [0.1, 0.15) is 22.8 Å². The first-order chi connectivity index (χ1) is 8.58. The number of aromatic nitrogens is 1. The maximum absolute atomic E-state index is 11.4. The molecular weight excluding hydrogens is 238 g/mol. The van der Waals surface area contributed by atoms with Gasteiger partial charge in [0.2, 0.25) is 0 Å². The van der Waals surface area contributed by atoms with Crippen LogP contribution in [-0.2, 0) is 4.74 Å². The molecule has 0 fully saturated rings. The lowest BCUT2D eigenvalue weighted by atomic mass is 10.1. The first-order valence-electron chi connectivity index (χ1n) is 5.06. The van der Waals surface area contributed by atoms with E-state index in [4.69, 9.17) is 4.74 Å². The summed E-state index contributed by atoms with van der Waals surface area (Å²) >= 11 is 0. The van der Waals surface area contributed by atoms with Crippen molar-refractivity contribution in [2.45, 2.75) is 0 Å². The molecule has 0 spiro atoms. The van der Waals surface area contributed by atoms with Crippen molar-refractivity contribution < 1.29 is 24.5 Å². The number of pyridine rings is 1. The van der Waals surface area contributed by atoms with Gasteiger partial charge in [-0.25, -0.2) is 9.78 Å². The molecule has 6 heteroatoms. The van der Waals surface area contributed by atoms with Crippen molar-refractivity contribution in [1.82, 2.24) is 4.98 Å². The topological polar surface area (TPSA) is 88.9 Å². The number of fused-ring (bicyclic) bond motifs is 1. The molecule has 2 rings (SSSR count). The van der Waals surface area contributed by atoms with Crippen molar-refractivity contribution in [3.8, 4) is 17.2 Å². The summed E-state index contributed by atoms with van der Waals surface area (Å²) in [5, 5.41) is 19.7. The Bertz CT molecular complexity index is 623. The quantitative estimate of drug-likeness (QED) is 0.618. The van der Waals surface area contributed by atoms with Crippen molar-refractivity contribution >= 4 is 16.9 Å². The number of hydrogen-bond donors (Lipinski definition) is 2. The van der Waals surface area contributed by atoms with Crippen molar-refractivity contribution in [3.63, 3.8) is 0 Å². The van der Waals surface area contributed by atoms with Crippen LogP contribution in [0.2, 0.25) is 0 Å². The average Bonchev–Trinajstić information content (AvgIpc) is 2.40. The van der Waals surface area contributed by atoms with Crippen LogP contribution in [-0.4, -0.2) is 35.4 Å². The minimum absolute atomic E-state index is 0.0113. The minimum Gasteiger partial charge on any atom is -0.507 e. The van der Waals surface area contributed by atoms with Crippen LogP contribution in [0.3, 0.4) is 0 Å². The maximum Gasteiger partial charge on any atom is 0.356 e. The smallest absolute Gasteiger partial charge is 0.356 e. The highest BCUT2D eigenvalue weighted by atomic mass is 16.5. The zero-order valence-corrected chi connectivity index (χ0v) is 9.80. The fourth-order valence-corrected chi connectivity index (χ4v) is 1.64. The highest BCUT2D eigenvalue weighted by Crippen LogP contribution is 2.37. The van der Waals surface area contributed by atoms with Crippen molar-refractivity contribution in [1.29, 1.82) is 0 Å². The van der Waals surface area contributed by atoms with Gasteiger partial charge >= 0.3 is 5.97 Å². The van der Waals surface area contributed by atoms with Crippen LogP contribution in [0.4, 0.5) is 0 Å². The molecule has 0 aliphatic heterocycles. The van der Waals surface area contributed by atoms with Gasteiger partial charge in [0.25, 0.3) is 0 Å². The van der Waals surface area contributed by atoms with Crippen molar-refractivity contribution in [2.75, 3.05) is 14.2 Å². The summed E-state index contributed by atoms with van der Waals surface area (Å²) < 4.78 is 9.63. The Morgan fingerprint density at radius 2 is 1.89 bits per heavy atom. The molecule has 0 amide bonds. The lowest BCUT2D eigenvalue weighted by Gasteiger charge is -2.09. The van der Waals surface area contributed by atoms with E-state index in [9.17, 15) is 15.0 Å². The summed E-state index contributed by atoms with van der Waals surface area (Å²) in [5.74, 6) is -0.679. The van der Waals surface area contributed by atoms with E-state index in [1.165, 1.54) is 32.4 Å². The number of carbonyl (C=O) groups is 1. The molecule has 1 heterocycles. The summed E-state index contributed by atoms with van der Waals surface area (Å²) in [7, 11) is 2.61. The van der Waals surface area contributed by atoms with Crippen LogP contribution in [0.5, 0.6) is 17.2 Å². The number of phenolic OH excluding ortho intramolecular Hbond substituents is 2. The van der Waals surface area contributed by atoms with Gasteiger partial charge in [0.15, 0.2) is 5.69 Å². The van der Waals surface area contributed by atoms with Gasteiger partial charge in [-0.05, 0) is 12.1 Å². The molecule has 0 saturated carbocycles. The second kappa shape index (κ2) is 4.40. The van der Waals surface area contributed by atoms with Gasteiger partial charge < -0.3 is 19.7 Å². The second-order valence-electron chi connectivity index (χ2n) is 3.53. The summed E-state index contributed by atoms with van der Waals surface area (Å²) in [6.45, 7) is 0. The van der Waals surface area contributed by atoms with Gasteiger partial charge in [0.05, 0.1) is 19.6 Å². The van der Waals surface area contributed by atoms with E-state index in [0.29, 0.717) is 0 Å². The third-order valence-corrected chi connectivity index (χ3v) is 2.50. The second-order valence-corrected chi connectivity index (χ2v) is 3.53. The summed E-state index contributed by atoms with van der Waals surface area (Å²) in [5.41, 5.74) is 0.0671. The lowest BCUT2D eigenvalue weighted by molar-refractivity contribution is 0.0594. The van der Waals surface area contributed by atoms with Gasteiger partial charge in [-0.15, -0.1) is 0 Å². The fourth-order valence-electron chi connectivity index (χ4n) is 1.64. The van der Waals surface area contributed by atoms with Crippen LogP contribution in [0.1, 0.15) is 10.5 Å². The summed E-state index contributed by atoms with van der Waals surface area (Å²) in [6.07, 6.45) is 0. The molecular formula is C12H11NO5. The predicted molar refractivity (Wildman–Crippen MR) is 63.0 cm³/mol. The monoisotopic (exact) mass is 249 g/mol. The number of aromatic hydroxyl groups is 2. The highest BCUT2D eigenvalue weighted by molar-refractivity contribution is 5.99. The standard InChI is InChI=1S/C12H11NO5/c1-17-9-5-6(12(16)18-2)13-11-8(15)4-3-7(14)10(9)11/h3-5,14-15H,1-2H3. The zero-order chi connectivity index (χ0) is 13.3. The molecule has 0 aliphatic rings. The van der Waals surface area contributed by atoms with Crippen LogP contribution in [0.15, 0.2) is 18.2 Å². The number of esters is 1. The first kappa shape index (κ1) is 12.0. The van der Waals surface area contributed by atoms with E-state index in [1.807, 2.05) is 0 Å². The van der Waals surface area contributed by atoms with Gasteiger partial charge in [-0.3, -0.25) is 0 Å². The third kappa shape index (κ3) is 1.77. The molecule has 0 atom stereocenters. The lowest BCUT2D eigenvalue weighted by Crippen LogP contribution is -2.05. The summed E-state index contributed by atoms with van der Waals surface area (Å²) in [4.78, 5) is 15.4. The zero-order valence-electron chi connectivity index (χ0n) is 9.80. The minimum atomic E-state index is -0.655. The number of benzene rings is 1. The largest absolute Gasteiger partial charge is 0.507 e. The number of rotatable bonds is 2. The van der Waals surface area contributed by atoms with Crippen LogP contribution in [0.25, 0.3) is 10.9 Å². The molecule has 0 saturated heterocycles. The number of nitrogens with zero attached hydrogens (tertiary/aromatic N) is 1. The number of hydrogen-bond acceptors (Lipinski definition) is 6. The number of carbonyl (C=O) groups excluding carboxylic acids is 1. The molecule has 0 bridgehead atoms. The van der Waals surface area contributed by atoms with Gasteiger partial charge in [0, 0.05) is 6.07 Å². The van der Waals surface area contributed by atoms with Crippen LogP contribution >= 0.6 is 0 Å². The van der Waals surface area contributed by atoms with Crippen LogP contribution < -0.4 is 4.74 Å². The number of ether oxygens (including phenoxy) is 2. The van der Waals surface area contributed by atoms with Crippen molar-refractivity contribution in [3.05, 3.63) is 23.9 Å². The molecule has 0 radical (unpaired) electrons. The third-order valence-electron chi connectivity index (χ3n) is 2.50. The van der Waals surface area contributed by atoms with E-state index in [2.05, 4.69) is 9.72 Å². The van der Waals surface area contributed by atoms with E-state index < -0.39 is 5.97 Å². The Kier molecular flexibility index (Phi) is 2.93. The van der Waals surface area contributed by atoms with Crippen molar-refractivity contribution in [2.24, 2.45) is 0 Å². The Balaban J connectivity index is 2.83. The Morgan fingerprint density at radius 3 is 2.50 bits per heavy atom. The number of methoxy groups -OCH3 is 2. The normalized spacial score (nSPS) is 10.3. The Morgan fingerprint density at radius 1 is 1.22 bits per heavy atom. The Hall–Kier alpha value is -2.50. The molecule has 2 aromatic rings. The van der Waals surface area contributed by atoms with E-state index in [1.54, 1.807) is 0 Å². The summed E-state index contributed by atoms with van der Waals surface area (Å²) in [6, 6.07) is 3.94. The Labute approximate surface area is 102 Å². The predicted octanol–water partition coefficient (Wildman–Crippen LogP) is 1.44. The fraction of sp³-hybridized carbons (Fsp3) is 0.167. The SMILES string of the molecule is COC(=O)c1cc(OC)c2c(O)ccc(O)c2n1. The van der Waals surface area contributed by atoms with E-state index in [-0.39, 0.29) is 33.8 Å². The molecule has 94 valence electrons. The molecule has 6 nitrogen and oxygen atoms in total. The highest BCUT2D eigenvalue weighted by Gasteiger charge is 2.17. The molecule has 18 heavy (non-hydrogen) atoms. The molecule has 1 aromatic heterocycles. The molecule has 2 N–H and O–H groups in total. The van der Waals surface area contributed by atoms with Crippen LogP contribution in [0, 0.1) is 0 Å². The number of phenols is 2. The van der Waals surface area contributed by atoms with E-state index >= 15 is 0 Å².